The second kappa shape index (κ2) is 5.37. The molecule has 23 heavy (non-hydrogen) atoms. The highest BCUT2D eigenvalue weighted by Crippen LogP contribution is 2.32. The molecule has 0 saturated carbocycles. The van der Waals surface area contributed by atoms with Crippen LogP contribution in [0.2, 0.25) is 0 Å². The number of hydrogen-bond acceptors (Lipinski definition) is 2. The third kappa shape index (κ3) is 2.29. The molecule has 3 aromatic rings. The fraction of sp³-hybridized carbons (Fsp3) is 0.368. The van der Waals surface area contributed by atoms with Crippen LogP contribution in [0.1, 0.15) is 40.3 Å². The molecule has 0 radical (unpaired) electrons. The maximum Gasteiger partial charge on any atom is 0.253 e. The van der Waals surface area contributed by atoms with Gasteiger partial charge in [-0.25, -0.2) is 0 Å². The van der Waals surface area contributed by atoms with E-state index in [-0.39, 0.29) is 5.91 Å². The Bertz CT molecular complexity index is 901. The molecule has 1 aromatic carbocycles. The minimum absolute atomic E-state index is 0.107. The number of carbonyl (C=O) groups is 1. The SMILES string of the molecule is Cc1cc(C)n(CC(=O)n2c3c(c4ccccc42)CCCC3)n1. The summed E-state index contributed by atoms with van der Waals surface area (Å²) in [5, 5.41) is 5.67. The highest BCUT2D eigenvalue weighted by atomic mass is 16.2. The lowest BCUT2D eigenvalue weighted by molar-refractivity contribution is 0.0887. The number of rotatable bonds is 2. The molecule has 0 amide bonds. The molecule has 4 nitrogen and oxygen atoms in total. The quantitative estimate of drug-likeness (QED) is 0.724. The van der Waals surface area contributed by atoms with Gasteiger partial charge in [0.25, 0.3) is 5.91 Å². The predicted octanol–water partition coefficient (Wildman–Crippen LogP) is 3.67. The molecule has 4 heteroatoms. The molecular weight excluding hydrogens is 286 g/mol. The van der Waals surface area contributed by atoms with Crippen LogP contribution in [0.3, 0.4) is 0 Å². The molecule has 0 atom stereocenters. The van der Waals surface area contributed by atoms with Crippen molar-refractivity contribution >= 4 is 16.8 Å². The van der Waals surface area contributed by atoms with Gasteiger partial charge in [0.2, 0.25) is 0 Å². The van der Waals surface area contributed by atoms with E-state index in [0.717, 1.165) is 36.2 Å². The van der Waals surface area contributed by atoms with Crippen LogP contribution in [0.25, 0.3) is 10.9 Å². The van der Waals surface area contributed by atoms with Crippen molar-refractivity contribution in [2.24, 2.45) is 0 Å². The van der Waals surface area contributed by atoms with Gasteiger partial charge in [-0.1, -0.05) is 18.2 Å². The Morgan fingerprint density at radius 1 is 1.17 bits per heavy atom. The van der Waals surface area contributed by atoms with E-state index < -0.39 is 0 Å². The Kier molecular flexibility index (Phi) is 3.33. The highest BCUT2D eigenvalue weighted by Gasteiger charge is 2.23. The Morgan fingerprint density at radius 2 is 1.96 bits per heavy atom. The number of fused-ring (bicyclic) bond motifs is 3. The average Bonchev–Trinajstić information content (AvgIpc) is 3.04. The van der Waals surface area contributed by atoms with Crippen molar-refractivity contribution in [3.63, 3.8) is 0 Å². The van der Waals surface area contributed by atoms with Crippen LogP contribution in [-0.2, 0) is 19.4 Å². The van der Waals surface area contributed by atoms with Crippen molar-refractivity contribution in [3.05, 3.63) is 53.0 Å². The molecule has 2 aromatic heterocycles. The summed E-state index contributed by atoms with van der Waals surface area (Å²) in [5.74, 6) is 0.107. The van der Waals surface area contributed by atoms with Crippen LogP contribution in [0, 0.1) is 13.8 Å². The van der Waals surface area contributed by atoms with Crippen LogP contribution >= 0.6 is 0 Å². The van der Waals surface area contributed by atoms with Crippen molar-refractivity contribution < 1.29 is 4.79 Å². The van der Waals surface area contributed by atoms with E-state index in [1.807, 2.05) is 35.2 Å². The maximum absolute atomic E-state index is 13.0. The molecule has 0 unspecified atom stereocenters. The lowest BCUT2D eigenvalue weighted by Gasteiger charge is -2.15. The summed E-state index contributed by atoms with van der Waals surface area (Å²) in [6.07, 6.45) is 4.45. The molecule has 1 aliphatic carbocycles. The standard InChI is InChI=1S/C19H21N3O/c1-13-11-14(2)21(20-13)12-19(23)22-17-9-5-3-7-15(17)16-8-4-6-10-18(16)22/h3,5,7,9,11H,4,6,8,10,12H2,1-2H3. The summed E-state index contributed by atoms with van der Waals surface area (Å²) in [6.45, 7) is 4.25. The van der Waals surface area contributed by atoms with Crippen molar-refractivity contribution in [2.75, 3.05) is 0 Å². The van der Waals surface area contributed by atoms with E-state index in [1.165, 1.54) is 23.1 Å². The number of hydrogen-bond donors (Lipinski definition) is 0. The molecule has 0 spiro atoms. The van der Waals surface area contributed by atoms with Gasteiger partial charge < -0.3 is 0 Å². The first-order valence-corrected chi connectivity index (χ1v) is 8.30. The van der Waals surface area contributed by atoms with Gasteiger partial charge in [0.05, 0.1) is 11.2 Å². The zero-order chi connectivity index (χ0) is 16.0. The molecule has 0 saturated heterocycles. The van der Waals surface area contributed by atoms with Crippen molar-refractivity contribution in [1.29, 1.82) is 0 Å². The first-order chi connectivity index (χ1) is 11.1. The maximum atomic E-state index is 13.0. The summed E-state index contributed by atoms with van der Waals surface area (Å²) in [7, 11) is 0. The Labute approximate surface area is 135 Å². The number of benzene rings is 1. The summed E-state index contributed by atoms with van der Waals surface area (Å²) in [6, 6.07) is 10.3. The second-order valence-corrected chi connectivity index (χ2v) is 6.46. The zero-order valence-corrected chi connectivity index (χ0v) is 13.7. The Morgan fingerprint density at radius 3 is 2.74 bits per heavy atom. The predicted molar refractivity (Wildman–Crippen MR) is 90.9 cm³/mol. The smallest absolute Gasteiger partial charge is 0.253 e. The van der Waals surface area contributed by atoms with E-state index >= 15 is 0 Å². The minimum Gasteiger partial charge on any atom is -0.282 e. The van der Waals surface area contributed by atoms with E-state index in [2.05, 4.69) is 23.3 Å². The number of carbonyl (C=O) groups excluding carboxylic acids is 1. The van der Waals surface area contributed by atoms with Gasteiger partial charge in [-0.15, -0.1) is 0 Å². The first kappa shape index (κ1) is 14.2. The molecule has 0 aliphatic heterocycles. The molecule has 4 rings (SSSR count). The molecule has 0 fully saturated rings. The summed E-state index contributed by atoms with van der Waals surface area (Å²) < 4.78 is 3.75. The number of para-hydroxylation sites is 1. The van der Waals surface area contributed by atoms with E-state index in [9.17, 15) is 4.79 Å². The molecule has 2 heterocycles. The average molecular weight is 307 g/mol. The first-order valence-electron chi connectivity index (χ1n) is 8.30. The van der Waals surface area contributed by atoms with Crippen LogP contribution in [-0.4, -0.2) is 20.3 Å². The Hall–Kier alpha value is -2.36. The molecular formula is C19H21N3O. The van der Waals surface area contributed by atoms with Gasteiger partial charge in [0.15, 0.2) is 0 Å². The van der Waals surface area contributed by atoms with E-state index in [0.29, 0.717) is 6.54 Å². The van der Waals surface area contributed by atoms with Gasteiger partial charge >= 0.3 is 0 Å². The van der Waals surface area contributed by atoms with Crippen LogP contribution in [0.5, 0.6) is 0 Å². The van der Waals surface area contributed by atoms with E-state index in [1.54, 1.807) is 0 Å². The van der Waals surface area contributed by atoms with Gasteiger partial charge in [0, 0.05) is 16.8 Å². The Balaban J connectivity index is 1.82. The third-order valence-corrected chi connectivity index (χ3v) is 4.82. The lowest BCUT2D eigenvalue weighted by Crippen LogP contribution is -2.22. The van der Waals surface area contributed by atoms with E-state index in [4.69, 9.17) is 0 Å². The largest absolute Gasteiger partial charge is 0.282 e. The monoisotopic (exact) mass is 307 g/mol. The summed E-state index contributed by atoms with van der Waals surface area (Å²) in [5.41, 5.74) is 5.61. The van der Waals surface area contributed by atoms with Gasteiger partial charge in [-0.05, 0) is 57.2 Å². The van der Waals surface area contributed by atoms with Crippen LogP contribution in [0.15, 0.2) is 30.3 Å². The van der Waals surface area contributed by atoms with Gasteiger partial charge in [0.1, 0.15) is 6.54 Å². The highest BCUT2D eigenvalue weighted by molar-refractivity contribution is 5.96. The number of aryl methyl sites for hydroxylation is 3. The summed E-state index contributed by atoms with van der Waals surface area (Å²) in [4.78, 5) is 13.0. The lowest BCUT2D eigenvalue weighted by atomic mass is 9.95. The van der Waals surface area contributed by atoms with Gasteiger partial charge in [-0.3, -0.25) is 14.0 Å². The number of nitrogens with zero attached hydrogens (tertiary/aromatic N) is 3. The molecule has 0 N–H and O–H groups in total. The normalized spacial score (nSPS) is 14.2. The van der Waals surface area contributed by atoms with Crippen molar-refractivity contribution in [1.82, 2.24) is 14.3 Å². The zero-order valence-electron chi connectivity index (χ0n) is 13.7. The van der Waals surface area contributed by atoms with Crippen molar-refractivity contribution in [2.45, 2.75) is 46.1 Å². The van der Waals surface area contributed by atoms with Gasteiger partial charge in [-0.2, -0.15) is 5.10 Å². The fourth-order valence-electron chi connectivity index (χ4n) is 3.81. The minimum atomic E-state index is 0.107. The second-order valence-electron chi connectivity index (χ2n) is 6.46. The topological polar surface area (TPSA) is 39.8 Å². The van der Waals surface area contributed by atoms with Crippen molar-refractivity contribution in [3.8, 4) is 0 Å². The van der Waals surface area contributed by atoms with Crippen LogP contribution < -0.4 is 0 Å². The molecule has 118 valence electrons. The molecule has 0 bridgehead atoms. The molecule has 1 aliphatic rings. The fourth-order valence-corrected chi connectivity index (χ4v) is 3.81. The number of aromatic nitrogens is 3. The van der Waals surface area contributed by atoms with Crippen LogP contribution in [0.4, 0.5) is 0 Å². The third-order valence-electron chi connectivity index (χ3n) is 4.82. The summed E-state index contributed by atoms with van der Waals surface area (Å²) >= 11 is 0.